The molecule has 0 radical (unpaired) electrons. The molecule has 0 aliphatic carbocycles. The Kier molecular flexibility index (Phi) is 7.52. The molecule has 1 fully saturated rings. The van der Waals surface area contributed by atoms with Crippen LogP contribution in [0.4, 0.5) is 5.69 Å². The minimum Gasteiger partial charge on any atom is -0.462 e. The Morgan fingerprint density at radius 2 is 1.52 bits per heavy atom. The number of thioether (sulfide) groups is 1. The van der Waals surface area contributed by atoms with Crippen molar-refractivity contribution in [2.75, 3.05) is 18.1 Å². The molecule has 1 aliphatic rings. The number of hydrogen-bond donors (Lipinski definition) is 0. The van der Waals surface area contributed by atoms with Crippen molar-refractivity contribution >= 4 is 35.3 Å². The Morgan fingerprint density at radius 3 is 2.06 bits per heavy atom. The predicted molar refractivity (Wildman–Crippen MR) is 120 cm³/mol. The van der Waals surface area contributed by atoms with Gasteiger partial charge in [-0.25, -0.2) is 9.59 Å². The number of carbonyl (C=O) groups excluding carboxylic acids is 3. The molecule has 31 heavy (non-hydrogen) atoms. The first-order valence-electron chi connectivity index (χ1n) is 10.2. The molecule has 1 amide bonds. The minimum absolute atomic E-state index is 0.103. The SMILES string of the molecule is CCOC(=O)C(C(=O)OCC)=C1S[C@@H](Cc2ccc(C)cc2)C(=O)N1c1ccccc1. The van der Waals surface area contributed by atoms with E-state index in [1.165, 1.54) is 16.7 Å². The highest BCUT2D eigenvalue weighted by Crippen LogP contribution is 2.42. The number of hydrogen-bond acceptors (Lipinski definition) is 6. The molecule has 1 saturated heterocycles. The molecule has 162 valence electrons. The minimum atomic E-state index is -0.798. The Bertz CT molecular complexity index is 965. The number of benzene rings is 2. The lowest BCUT2D eigenvalue weighted by atomic mass is 10.1. The van der Waals surface area contributed by atoms with Gasteiger partial charge < -0.3 is 9.47 Å². The van der Waals surface area contributed by atoms with Crippen molar-refractivity contribution in [1.29, 1.82) is 0 Å². The summed E-state index contributed by atoms with van der Waals surface area (Å²) in [6.45, 7) is 5.53. The molecule has 6 nitrogen and oxygen atoms in total. The van der Waals surface area contributed by atoms with Crippen LogP contribution in [0.2, 0.25) is 0 Å². The molecule has 0 aromatic heterocycles. The molecule has 0 saturated carbocycles. The van der Waals surface area contributed by atoms with E-state index in [0.29, 0.717) is 12.1 Å². The van der Waals surface area contributed by atoms with E-state index in [-0.39, 0.29) is 29.7 Å². The fraction of sp³-hybridized carbons (Fsp3) is 0.292. The third-order valence-corrected chi connectivity index (χ3v) is 5.94. The van der Waals surface area contributed by atoms with Crippen LogP contribution in [0, 0.1) is 6.92 Å². The Balaban J connectivity index is 2.07. The number of amides is 1. The van der Waals surface area contributed by atoms with Crippen molar-refractivity contribution in [2.24, 2.45) is 0 Å². The monoisotopic (exact) mass is 439 g/mol. The summed E-state index contributed by atoms with van der Waals surface area (Å²) in [7, 11) is 0. The number of aryl methyl sites for hydroxylation is 1. The molecule has 2 aromatic carbocycles. The average Bonchev–Trinajstić information content (AvgIpc) is 3.06. The Hall–Kier alpha value is -3.06. The lowest BCUT2D eigenvalue weighted by Gasteiger charge is -2.19. The molecule has 1 atom stereocenters. The third kappa shape index (κ3) is 5.17. The highest BCUT2D eigenvalue weighted by molar-refractivity contribution is 8.05. The van der Waals surface area contributed by atoms with Crippen molar-refractivity contribution in [2.45, 2.75) is 32.4 Å². The molecule has 0 spiro atoms. The summed E-state index contributed by atoms with van der Waals surface area (Å²) >= 11 is 1.19. The number of ether oxygens (including phenoxy) is 2. The molecular formula is C24H25NO5S. The standard InChI is InChI=1S/C24H25NO5S/c1-4-29-23(27)20(24(28)30-5-2)22-25(18-9-7-6-8-10-18)21(26)19(31-22)15-17-13-11-16(3)12-14-17/h6-14,19H,4-5,15H2,1-3H3/t19-/m0/s1. The third-order valence-electron chi connectivity index (χ3n) is 4.68. The number of rotatable bonds is 7. The van der Waals surface area contributed by atoms with E-state index in [1.807, 2.05) is 37.3 Å². The number of esters is 2. The van der Waals surface area contributed by atoms with E-state index < -0.39 is 17.2 Å². The second-order valence-corrected chi connectivity index (χ2v) is 8.12. The highest BCUT2D eigenvalue weighted by Gasteiger charge is 2.43. The van der Waals surface area contributed by atoms with Crippen LogP contribution >= 0.6 is 11.8 Å². The van der Waals surface area contributed by atoms with Crippen LogP contribution in [0.3, 0.4) is 0 Å². The van der Waals surface area contributed by atoms with Gasteiger partial charge in [-0.2, -0.15) is 0 Å². The fourth-order valence-electron chi connectivity index (χ4n) is 3.21. The summed E-state index contributed by atoms with van der Waals surface area (Å²) in [5, 5.41) is -0.248. The van der Waals surface area contributed by atoms with Gasteiger partial charge in [-0.05, 0) is 44.9 Å². The van der Waals surface area contributed by atoms with Crippen molar-refractivity contribution in [3.8, 4) is 0 Å². The first-order valence-corrected chi connectivity index (χ1v) is 11.0. The normalized spacial score (nSPS) is 15.7. The summed E-state index contributed by atoms with van der Waals surface area (Å²) < 4.78 is 10.2. The lowest BCUT2D eigenvalue weighted by Crippen LogP contribution is -2.32. The summed E-state index contributed by atoms with van der Waals surface area (Å²) in [6, 6.07) is 16.9. The van der Waals surface area contributed by atoms with Crippen molar-refractivity contribution < 1.29 is 23.9 Å². The van der Waals surface area contributed by atoms with E-state index in [4.69, 9.17) is 9.47 Å². The second-order valence-electron chi connectivity index (χ2n) is 6.93. The topological polar surface area (TPSA) is 72.9 Å². The van der Waals surface area contributed by atoms with Crippen LogP contribution in [-0.2, 0) is 30.3 Å². The van der Waals surface area contributed by atoms with Gasteiger partial charge in [0.2, 0.25) is 5.91 Å². The Morgan fingerprint density at radius 1 is 0.935 bits per heavy atom. The van der Waals surface area contributed by atoms with Gasteiger partial charge >= 0.3 is 11.9 Å². The molecule has 7 heteroatoms. The number of nitrogens with zero attached hydrogens (tertiary/aromatic N) is 1. The summed E-state index contributed by atoms with van der Waals surface area (Å²) in [5.41, 5.74) is 2.46. The summed E-state index contributed by atoms with van der Waals surface area (Å²) in [6.07, 6.45) is 0.468. The number of para-hydroxylation sites is 1. The molecular weight excluding hydrogens is 414 g/mol. The van der Waals surface area contributed by atoms with E-state index in [2.05, 4.69) is 0 Å². The molecule has 0 unspecified atom stereocenters. The van der Waals surface area contributed by atoms with Crippen LogP contribution in [-0.4, -0.2) is 36.3 Å². The zero-order valence-electron chi connectivity index (χ0n) is 17.8. The quantitative estimate of drug-likeness (QED) is 0.281. The van der Waals surface area contributed by atoms with Gasteiger partial charge in [-0.3, -0.25) is 9.69 Å². The molecule has 0 bridgehead atoms. The first kappa shape index (κ1) is 22.6. The van der Waals surface area contributed by atoms with E-state index in [1.54, 1.807) is 38.1 Å². The highest BCUT2D eigenvalue weighted by atomic mass is 32.2. The zero-order chi connectivity index (χ0) is 22.4. The van der Waals surface area contributed by atoms with Gasteiger partial charge in [0.25, 0.3) is 0 Å². The van der Waals surface area contributed by atoms with Crippen LogP contribution in [0.5, 0.6) is 0 Å². The molecule has 1 aliphatic heterocycles. The average molecular weight is 440 g/mol. The smallest absolute Gasteiger partial charge is 0.348 e. The van der Waals surface area contributed by atoms with Crippen LogP contribution in [0.15, 0.2) is 65.2 Å². The Labute approximate surface area is 186 Å². The van der Waals surface area contributed by atoms with E-state index in [0.717, 1.165) is 11.1 Å². The number of carbonyl (C=O) groups is 3. The van der Waals surface area contributed by atoms with Crippen LogP contribution in [0.25, 0.3) is 0 Å². The maximum absolute atomic E-state index is 13.4. The van der Waals surface area contributed by atoms with Gasteiger partial charge in [0.15, 0.2) is 5.57 Å². The van der Waals surface area contributed by atoms with Crippen LogP contribution < -0.4 is 4.90 Å². The van der Waals surface area contributed by atoms with Crippen molar-refractivity contribution in [3.63, 3.8) is 0 Å². The maximum atomic E-state index is 13.4. The lowest BCUT2D eigenvalue weighted by molar-refractivity contribution is -0.146. The second kappa shape index (κ2) is 10.3. The largest absolute Gasteiger partial charge is 0.462 e. The van der Waals surface area contributed by atoms with Gasteiger partial charge in [0, 0.05) is 5.69 Å². The van der Waals surface area contributed by atoms with Crippen molar-refractivity contribution in [1.82, 2.24) is 0 Å². The first-order chi connectivity index (χ1) is 15.0. The molecule has 2 aromatic rings. The zero-order valence-corrected chi connectivity index (χ0v) is 18.6. The number of anilines is 1. The van der Waals surface area contributed by atoms with Gasteiger partial charge in [-0.15, -0.1) is 0 Å². The van der Waals surface area contributed by atoms with Crippen LogP contribution in [0.1, 0.15) is 25.0 Å². The van der Waals surface area contributed by atoms with Crippen molar-refractivity contribution in [3.05, 3.63) is 76.3 Å². The maximum Gasteiger partial charge on any atom is 0.348 e. The summed E-state index contributed by atoms with van der Waals surface area (Å²) in [4.78, 5) is 40.2. The van der Waals surface area contributed by atoms with Gasteiger partial charge in [0.1, 0.15) is 5.03 Å². The van der Waals surface area contributed by atoms with E-state index >= 15 is 0 Å². The molecule has 3 rings (SSSR count). The predicted octanol–water partition coefficient (Wildman–Crippen LogP) is 4.02. The van der Waals surface area contributed by atoms with Gasteiger partial charge in [0.05, 0.1) is 18.5 Å². The molecule has 0 N–H and O–H groups in total. The van der Waals surface area contributed by atoms with Gasteiger partial charge in [-0.1, -0.05) is 59.8 Å². The van der Waals surface area contributed by atoms with E-state index in [9.17, 15) is 14.4 Å². The summed E-state index contributed by atoms with van der Waals surface area (Å²) in [5.74, 6) is -1.79. The molecule has 1 heterocycles. The fourth-order valence-corrected chi connectivity index (χ4v) is 4.54.